The Hall–Kier alpha value is -2.20. The van der Waals surface area contributed by atoms with Crippen molar-refractivity contribution in [3.05, 3.63) is 53.9 Å². The first kappa shape index (κ1) is 14.4. The third-order valence-electron chi connectivity index (χ3n) is 4.38. The topological polar surface area (TPSA) is 41.2 Å². The number of rotatable bonds is 3. The normalized spacial score (nSPS) is 16.0. The summed E-state index contributed by atoms with van der Waals surface area (Å²) >= 11 is 6.24. The third kappa shape index (κ3) is 2.86. The zero-order chi connectivity index (χ0) is 15.6. The van der Waals surface area contributed by atoms with Gasteiger partial charge < -0.3 is 14.6 Å². The van der Waals surface area contributed by atoms with Crippen LogP contribution < -0.4 is 9.64 Å². The van der Waals surface area contributed by atoms with E-state index in [1.165, 1.54) is 0 Å². The van der Waals surface area contributed by atoms with Crippen molar-refractivity contribution in [2.45, 2.75) is 18.9 Å². The lowest BCUT2D eigenvalue weighted by Crippen LogP contribution is -2.38. The quantitative estimate of drug-likeness (QED) is 0.781. The Morgan fingerprint density at radius 3 is 2.87 bits per heavy atom. The van der Waals surface area contributed by atoms with Gasteiger partial charge in [0.25, 0.3) is 0 Å². The molecular formula is C18H18ClN3O. The fourth-order valence-electron chi connectivity index (χ4n) is 3.18. The van der Waals surface area contributed by atoms with Gasteiger partial charge in [0.2, 0.25) is 0 Å². The fraction of sp³-hybridized carbons (Fsp3) is 0.278. The van der Waals surface area contributed by atoms with Gasteiger partial charge in [-0.25, -0.2) is 0 Å². The number of halogens is 1. The molecule has 0 atom stereocenters. The van der Waals surface area contributed by atoms with Crippen LogP contribution in [0.15, 0.2) is 48.9 Å². The molecule has 118 valence electrons. The Bertz CT molecular complexity index is 809. The average molecular weight is 328 g/mol. The third-order valence-corrected chi connectivity index (χ3v) is 4.67. The molecule has 1 fully saturated rings. The number of ether oxygens (including phenoxy) is 1. The summed E-state index contributed by atoms with van der Waals surface area (Å²) < 4.78 is 6.25. The van der Waals surface area contributed by atoms with Gasteiger partial charge >= 0.3 is 0 Å². The second-order valence-electron chi connectivity index (χ2n) is 5.83. The molecule has 0 radical (unpaired) electrons. The molecule has 0 spiro atoms. The smallest absolute Gasteiger partial charge is 0.129 e. The maximum Gasteiger partial charge on any atom is 0.129 e. The SMILES string of the molecule is Clc1cnccc1N1CCC(Oc2cccc3[nH]ccc23)CC1. The number of piperidine rings is 1. The summed E-state index contributed by atoms with van der Waals surface area (Å²) in [7, 11) is 0. The van der Waals surface area contributed by atoms with Crippen molar-refractivity contribution in [2.24, 2.45) is 0 Å². The Labute approximate surface area is 140 Å². The molecule has 0 aliphatic carbocycles. The summed E-state index contributed by atoms with van der Waals surface area (Å²) in [6, 6.07) is 10.2. The van der Waals surface area contributed by atoms with Crippen LogP contribution in [0.5, 0.6) is 5.75 Å². The van der Waals surface area contributed by atoms with Crippen molar-refractivity contribution in [3.8, 4) is 5.75 Å². The number of aromatic amines is 1. The molecule has 0 saturated carbocycles. The highest BCUT2D eigenvalue weighted by molar-refractivity contribution is 6.33. The van der Waals surface area contributed by atoms with Gasteiger partial charge in [-0.15, -0.1) is 0 Å². The van der Waals surface area contributed by atoms with E-state index < -0.39 is 0 Å². The Balaban J connectivity index is 1.44. The van der Waals surface area contributed by atoms with Crippen molar-refractivity contribution < 1.29 is 4.74 Å². The number of benzene rings is 1. The number of aromatic nitrogens is 2. The van der Waals surface area contributed by atoms with Crippen molar-refractivity contribution in [2.75, 3.05) is 18.0 Å². The van der Waals surface area contributed by atoms with Crippen LogP contribution >= 0.6 is 11.6 Å². The highest BCUT2D eigenvalue weighted by atomic mass is 35.5. The zero-order valence-electron chi connectivity index (χ0n) is 12.7. The van der Waals surface area contributed by atoms with Crippen LogP contribution in [0.3, 0.4) is 0 Å². The number of fused-ring (bicyclic) bond motifs is 1. The van der Waals surface area contributed by atoms with Gasteiger partial charge in [0, 0.05) is 55.4 Å². The van der Waals surface area contributed by atoms with E-state index in [1.54, 1.807) is 12.4 Å². The Morgan fingerprint density at radius 2 is 2.04 bits per heavy atom. The molecule has 1 aromatic carbocycles. The van der Waals surface area contributed by atoms with Crippen molar-refractivity contribution in [1.82, 2.24) is 9.97 Å². The lowest BCUT2D eigenvalue weighted by Gasteiger charge is -2.34. The van der Waals surface area contributed by atoms with Crippen LogP contribution in [-0.4, -0.2) is 29.2 Å². The highest BCUT2D eigenvalue weighted by Crippen LogP contribution is 2.30. The van der Waals surface area contributed by atoms with Gasteiger partial charge in [0.05, 0.1) is 10.7 Å². The number of anilines is 1. The highest BCUT2D eigenvalue weighted by Gasteiger charge is 2.22. The molecule has 1 aliphatic heterocycles. The van der Waals surface area contributed by atoms with Crippen LogP contribution in [0.1, 0.15) is 12.8 Å². The molecule has 1 aliphatic rings. The number of nitrogens with zero attached hydrogens (tertiary/aromatic N) is 2. The van der Waals surface area contributed by atoms with Crippen LogP contribution in [0.4, 0.5) is 5.69 Å². The molecule has 0 unspecified atom stereocenters. The van der Waals surface area contributed by atoms with Gasteiger partial charge in [-0.1, -0.05) is 17.7 Å². The molecule has 1 saturated heterocycles. The second-order valence-corrected chi connectivity index (χ2v) is 6.23. The predicted octanol–water partition coefficient (Wildman–Crippen LogP) is 4.26. The van der Waals surface area contributed by atoms with Gasteiger partial charge in [-0.2, -0.15) is 0 Å². The number of hydrogen-bond donors (Lipinski definition) is 1. The number of pyridine rings is 1. The van der Waals surface area contributed by atoms with E-state index >= 15 is 0 Å². The summed E-state index contributed by atoms with van der Waals surface area (Å²) in [5, 5.41) is 1.86. The summed E-state index contributed by atoms with van der Waals surface area (Å²) in [5.74, 6) is 0.962. The van der Waals surface area contributed by atoms with E-state index in [-0.39, 0.29) is 6.10 Å². The summed E-state index contributed by atoms with van der Waals surface area (Å²) in [6.07, 6.45) is 7.65. The van der Waals surface area contributed by atoms with Crippen molar-refractivity contribution in [3.63, 3.8) is 0 Å². The Kier molecular flexibility index (Phi) is 3.83. The van der Waals surface area contributed by atoms with Crippen LogP contribution in [0.25, 0.3) is 10.9 Å². The minimum atomic E-state index is 0.243. The van der Waals surface area contributed by atoms with E-state index in [2.05, 4.69) is 27.0 Å². The molecular weight excluding hydrogens is 310 g/mol. The van der Waals surface area contributed by atoms with Crippen molar-refractivity contribution in [1.29, 1.82) is 0 Å². The lowest BCUT2D eigenvalue weighted by molar-refractivity contribution is 0.173. The minimum Gasteiger partial charge on any atom is -0.490 e. The summed E-state index contributed by atoms with van der Waals surface area (Å²) in [5.41, 5.74) is 2.18. The second kappa shape index (κ2) is 6.13. The monoisotopic (exact) mass is 327 g/mol. The molecule has 3 aromatic rings. The molecule has 4 nitrogen and oxygen atoms in total. The standard InChI is InChI=1S/C18H18ClN3O/c19-15-12-20-8-5-17(15)22-10-6-13(7-11-22)23-18-3-1-2-16-14(18)4-9-21-16/h1-5,8-9,12-13,21H,6-7,10-11H2. The molecule has 23 heavy (non-hydrogen) atoms. The first-order valence-electron chi connectivity index (χ1n) is 7.88. The van der Waals surface area contributed by atoms with Crippen LogP contribution in [0.2, 0.25) is 5.02 Å². The van der Waals surface area contributed by atoms with Crippen LogP contribution in [-0.2, 0) is 0 Å². The van der Waals surface area contributed by atoms with E-state index in [4.69, 9.17) is 16.3 Å². The first-order chi connectivity index (χ1) is 11.3. The van der Waals surface area contributed by atoms with E-state index in [1.807, 2.05) is 24.4 Å². The van der Waals surface area contributed by atoms with Crippen molar-refractivity contribution >= 4 is 28.2 Å². The number of hydrogen-bond acceptors (Lipinski definition) is 3. The molecule has 5 heteroatoms. The molecule has 2 aromatic heterocycles. The van der Waals surface area contributed by atoms with E-state index in [0.717, 1.165) is 48.3 Å². The molecule has 1 N–H and O–H groups in total. The summed E-state index contributed by atoms with van der Waals surface area (Å²) in [6.45, 7) is 1.88. The molecule has 0 bridgehead atoms. The van der Waals surface area contributed by atoms with E-state index in [0.29, 0.717) is 5.02 Å². The number of nitrogens with one attached hydrogen (secondary N) is 1. The molecule has 4 rings (SSSR count). The molecule has 0 amide bonds. The zero-order valence-corrected chi connectivity index (χ0v) is 13.5. The van der Waals surface area contributed by atoms with E-state index in [9.17, 15) is 0 Å². The van der Waals surface area contributed by atoms with Gasteiger partial charge in [0.1, 0.15) is 11.9 Å². The Morgan fingerprint density at radius 1 is 1.17 bits per heavy atom. The van der Waals surface area contributed by atoms with Crippen LogP contribution in [0, 0.1) is 0 Å². The predicted molar refractivity (Wildman–Crippen MR) is 93.4 cm³/mol. The maximum absolute atomic E-state index is 6.25. The fourth-order valence-corrected chi connectivity index (χ4v) is 3.42. The summed E-state index contributed by atoms with van der Waals surface area (Å²) in [4.78, 5) is 9.58. The maximum atomic E-state index is 6.25. The molecule has 3 heterocycles. The minimum absolute atomic E-state index is 0.243. The van der Waals surface area contributed by atoms with Gasteiger partial charge in [0.15, 0.2) is 0 Å². The first-order valence-corrected chi connectivity index (χ1v) is 8.26. The average Bonchev–Trinajstić information content (AvgIpc) is 3.06. The lowest BCUT2D eigenvalue weighted by atomic mass is 10.1. The number of H-pyrrole nitrogens is 1. The van der Waals surface area contributed by atoms with Gasteiger partial charge in [-0.3, -0.25) is 4.98 Å². The largest absolute Gasteiger partial charge is 0.490 e. The van der Waals surface area contributed by atoms with Gasteiger partial charge in [-0.05, 0) is 24.3 Å².